The maximum absolute atomic E-state index is 5.15. The number of nitrogens with one attached hydrogen (secondary N) is 2. The number of hydrogen-bond acceptors (Lipinski definition) is 4. The van der Waals surface area contributed by atoms with E-state index in [1.165, 1.54) is 0 Å². The van der Waals surface area contributed by atoms with Crippen LogP contribution in [-0.2, 0) is 17.8 Å². The molecule has 8 heteroatoms. The predicted molar refractivity (Wildman–Crippen MR) is 126 cm³/mol. The molecule has 0 radical (unpaired) electrons. The highest BCUT2D eigenvalue weighted by Crippen LogP contribution is 2.11. The van der Waals surface area contributed by atoms with Crippen molar-refractivity contribution in [2.45, 2.75) is 59.2 Å². The van der Waals surface area contributed by atoms with Gasteiger partial charge in [-0.15, -0.1) is 24.0 Å². The van der Waals surface area contributed by atoms with Crippen molar-refractivity contribution < 1.29 is 4.74 Å². The summed E-state index contributed by atoms with van der Waals surface area (Å²) in [6, 6.07) is 0.483. The van der Waals surface area contributed by atoms with Gasteiger partial charge in [0.05, 0.1) is 0 Å². The Morgan fingerprint density at radius 1 is 1.36 bits per heavy atom. The highest BCUT2D eigenvalue weighted by molar-refractivity contribution is 14.0. The summed E-state index contributed by atoms with van der Waals surface area (Å²) in [5, 5.41) is 7.00. The molecule has 2 rings (SSSR count). The number of ether oxygens (including phenoxy) is 1. The van der Waals surface area contributed by atoms with Crippen LogP contribution in [0.15, 0.2) is 17.4 Å². The average Bonchev–Trinajstić information content (AvgIpc) is 3.08. The maximum atomic E-state index is 5.15. The molecule has 1 fully saturated rings. The lowest BCUT2D eigenvalue weighted by atomic mass is 10.1. The van der Waals surface area contributed by atoms with Crippen LogP contribution in [0.4, 0.5) is 0 Å². The summed E-state index contributed by atoms with van der Waals surface area (Å²) in [6.45, 7) is 13.3. The molecular formula is C20H39IN6O. The summed E-state index contributed by atoms with van der Waals surface area (Å²) < 4.78 is 7.36. The molecular weight excluding hydrogens is 467 g/mol. The van der Waals surface area contributed by atoms with Gasteiger partial charge in [-0.3, -0.25) is 0 Å². The van der Waals surface area contributed by atoms with Gasteiger partial charge in [0, 0.05) is 64.9 Å². The van der Waals surface area contributed by atoms with Crippen molar-refractivity contribution in [3.63, 3.8) is 0 Å². The van der Waals surface area contributed by atoms with Gasteiger partial charge >= 0.3 is 0 Å². The van der Waals surface area contributed by atoms with E-state index in [4.69, 9.17) is 9.73 Å². The third-order valence-electron chi connectivity index (χ3n) is 4.84. The zero-order valence-electron chi connectivity index (χ0n) is 18.0. The number of piperidine rings is 1. The van der Waals surface area contributed by atoms with Gasteiger partial charge in [-0.1, -0.05) is 13.8 Å². The van der Waals surface area contributed by atoms with Crippen LogP contribution in [0.2, 0.25) is 0 Å². The summed E-state index contributed by atoms with van der Waals surface area (Å²) >= 11 is 0. The number of imidazole rings is 1. The molecule has 0 spiro atoms. The van der Waals surface area contributed by atoms with Crippen molar-refractivity contribution in [3.05, 3.63) is 18.2 Å². The molecule has 1 aromatic rings. The van der Waals surface area contributed by atoms with Gasteiger partial charge < -0.3 is 24.8 Å². The number of aromatic nitrogens is 2. The Kier molecular flexibility index (Phi) is 12.7. The van der Waals surface area contributed by atoms with Crippen LogP contribution in [-0.4, -0.2) is 66.3 Å². The molecule has 28 heavy (non-hydrogen) atoms. The van der Waals surface area contributed by atoms with Crippen molar-refractivity contribution in [2.24, 2.45) is 10.9 Å². The second-order valence-corrected chi connectivity index (χ2v) is 7.69. The van der Waals surface area contributed by atoms with Crippen molar-refractivity contribution >= 4 is 29.9 Å². The van der Waals surface area contributed by atoms with Crippen LogP contribution in [0.25, 0.3) is 0 Å². The Labute approximate surface area is 187 Å². The van der Waals surface area contributed by atoms with Crippen LogP contribution in [0.1, 0.15) is 45.9 Å². The first-order chi connectivity index (χ1) is 13.1. The number of halogens is 1. The molecule has 1 aliphatic heterocycles. The number of methoxy groups -OCH3 is 1. The molecule has 0 atom stereocenters. The predicted octanol–water partition coefficient (Wildman–Crippen LogP) is 2.71. The molecule has 1 saturated heterocycles. The quantitative estimate of drug-likeness (QED) is 0.221. The van der Waals surface area contributed by atoms with E-state index in [2.05, 4.69) is 45.9 Å². The lowest BCUT2D eigenvalue weighted by Crippen LogP contribution is -2.48. The van der Waals surface area contributed by atoms with E-state index in [0.717, 1.165) is 70.4 Å². The van der Waals surface area contributed by atoms with E-state index in [0.29, 0.717) is 18.5 Å². The molecule has 0 aromatic carbocycles. The van der Waals surface area contributed by atoms with Crippen LogP contribution in [0.5, 0.6) is 0 Å². The second-order valence-electron chi connectivity index (χ2n) is 7.69. The number of rotatable bonds is 10. The summed E-state index contributed by atoms with van der Waals surface area (Å²) in [7, 11) is 1.77. The normalized spacial score (nSPS) is 16.2. The van der Waals surface area contributed by atoms with Gasteiger partial charge in [-0.05, 0) is 32.1 Å². The van der Waals surface area contributed by atoms with Gasteiger partial charge in [0.15, 0.2) is 5.96 Å². The molecule has 2 heterocycles. The minimum Gasteiger partial charge on any atom is -0.385 e. The van der Waals surface area contributed by atoms with Gasteiger partial charge in [0.25, 0.3) is 0 Å². The molecule has 7 nitrogen and oxygen atoms in total. The molecule has 0 bridgehead atoms. The van der Waals surface area contributed by atoms with E-state index in [9.17, 15) is 0 Å². The number of likely N-dealkylation sites (tertiary alicyclic amines) is 1. The van der Waals surface area contributed by atoms with Crippen molar-refractivity contribution in [1.82, 2.24) is 25.1 Å². The van der Waals surface area contributed by atoms with Gasteiger partial charge in [0.2, 0.25) is 0 Å². The molecule has 0 amide bonds. The third-order valence-corrected chi connectivity index (χ3v) is 4.84. The van der Waals surface area contributed by atoms with Gasteiger partial charge in [-0.2, -0.15) is 0 Å². The fourth-order valence-electron chi connectivity index (χ4n) is 3.45. The Morgan fingerprint density at radius 2 is 2.11 bits per heavy atom. The first kappa shape index (κ1) is 25.2. The summed E-state index contributed by atoms with van der Waals surface area (Å²) in [5.74, 6) is 2.52. The third kappa shape index (κ3) is 9.09. The van der Waals surface area contributed by atoms with E-state index in [-0.39, 0.29) is 24.0 Å². The van der Waals surface area contributed by atoms with Crippen molar-refractivity contribution in [3.8, 4) is 0 Å². The average molecular weight is 506 g/mol. The highest BCUT2D eigenvalue weighted by atomic mass is 127. The lowest BCUT2D eigenvalue weighted by molar-refractivity contribution is 0.155. The van der Waals surface area contributed by atoms with E-state index in [1.54, 1.807) is 7.11 Å². The summed E-state index contributed by atoms with van der Waals surface area (Å²) in [4.78, 5) is 11.8. The monoisotopic (exact) mass is 506 g/mol. The Balaban J connectivity index is 0.00000392. The molecule has 2 N–H and O–H groups in total. The first-order valence-corrected chi connectivity index (χ1v) is 10.4. The van der Waals surface area contributed by atoms with Crippen LogP contribution in [0, 0.1) is 5.92 Å². The van der Waals surface area contributed by atoms with Crippen LogP contribution in [0.3, 0.4) is 0 Å². The molecule has 1 aliphatic rings. The molecule has 0 saturated carbocycles. The minimum absolute atomic E-state index is 0. The Morgan fingerprint density at radius 3 is 2.75 bits per heavy atom. The molecule has 162 valence electrons. The maximum Gasteiger partial charge on any atom is 0.191 e. The van der Waals surface area contributed by atoms with Crippen molar-refractivity contribution in [2.75, 3.05) is 39.9 Å². The van der Waals surface area contributed by atoms with Crippen molar-refractivity contribution in [1.29, 1.82) is 0 Å². The Hall–Kier alpha value is -0.870. The topological polar surface area (TPSA) is 66.7 Å². The van der Waals surface area contributed by atoms with E-state index < -0.39 is 0 Å². The standard InChI is InChI=1S/C20H38N6O.HI/c1-5-21-20(23-15-19-22-9-13-26(19)16-17(2)3)24-18-7-11-25(12-8-18)10-6-14-27-4;/h9,13,17-18H,5-8,10-12,14-16H2,1-4H3,(H2,21,23,24);1H. The van der Waals surface area contributed by atoms with Gasteiger partial charge in [-0.25, -0.2) is 9.98 Å². The Bertz CT molecular complexity index is 555. The molecule has 0 aliphatic carbocycles. The largest absolute Gasteiger partial charge is 0.385 e. The SMILES string of the molecule is CCNC(=NCc1nccn1CC(C)C)NC1CCN(CCCOC)CC1.I. The van der Waals surface area contributed by atoms with Crippen LogP contribution < -0.4 is 10.6 Å². The number of nitrogens with zero attached hydrogens (tertiary/aromatic N) is 4. The number of guanidine groups is 1. The zero-order chi connectivity index (χ0) is 19.5. The smallest absolute Gasteiger partial charge is 0.191 e. The minimum atomic E-state index is 0. The number of hydrogen-bond donors (Lipinski definition) is 2. The first-order valence-electron chi connectivity index (χ1n) is 10.4. The fourth-order valence-corrected chi connectivity index (χ4v) is 3.45. The van der Waals surface area contributed by atoms with Gasteiger partial charge in [0.1, 0.15) is 12.4 Å². The fraction of sp³-hybridized carbons (Fsp3) is 0.800. The summed E-state index contributed by atoms with van der Waals surface area (Å²) in [6.07, 6.45) is 7.33. The zero-order valence-corrected chi connectivity index (χ0v) is 20.3. The van der Waals surface area contributed by atoms with E-state index >= 15 is 0 Å². The van der Waals surface area contributed by atoms with E-state index in [1.807, 2.05) is 12.4 Å². The second kappa shape index (κ2) is 14.2. The molecule has 0 unspecified atom stereocenters. The summed E-state index contributed by atoms with van der Waals surface area (Å²) in [5.41, 5.74) is 0. The highest BCUT2D eigenvalue weighted by Gasteiger charge is 2.19. The molecule has 1 aromatic heterocycles. The lowest BCUT2D eigenvalue weighted by Gasteiger charge is -2.33. The number of aliphatic imine (C=N–C) groups is 1. The van der Waals surface area contributed by atoms with Crippen LogP contribution >= 0.6 is 24.0 Å².